The van der Waals surface area contributed by atoms with Crippen LogP contribution in [0.3, 0.4) is 0 Å². The summed E-state index contributed by atoms with van der Waals surface area (Å²) in [6.45, 7) is 1.92. The van der Waals surface area contributed by atoms with Crippen LogP contribution in [0.2, 0.25) is 0 Å². The van der Waals surface area contributed by atoms with Crippen LogP contribution in [0.5, 0.6) is 0 Å². The number of fused-ring (bicyclic) bond motifs is 1. The van der Waals surface area contributed by atoms with Crippen LogP contribution < -0.4 is 4.90 Å². The predicted octanol–water partition coefficient (Wildman–Crippen LogP) is 2.25. The van der Waals surface area contributed by atoms with E-state index in [2.05, 4.69) is 0 Å². The standard InChI is InChI=1S/C12H12ClNO3S/c1-2-17-10(15)7-14-8-5-3-4-6-9(8)18-11(13)12(14)16/h3-6,11H,2,7H2,1H3. The van der Waals surface area contributed by atoms with Crippen LogP contribution in [0.15, 0.2) is 29.2 Å². The second kappa shape index (κ2) is 5.63. The highest BCUT2D eigenvalue weighted by Gasteiger charge is 2.33. The molecule has 0 aliphatic carbocycles. The number of carbonyl (C=O) groups is 2. The minimum atomic E-state index is -0.700. The summed E-state index contributed by atoms with van der Waals surface area (Å²) >= 11 is 7.26. The third-order valence-corrected chi connectivity index (χ3v) is 3.90. The summed E-state index contributed by atoms with van der Waals surface area (Å²) in [5.41, 5.74) is 0.706. The normalized spacial score (nSPS) is 18.4. The first kappa shape index (κ1) is 13.2. The zero-order valence-electron chi connectivity index (χ0n) is 9.76. The van der Waals surface area contributed by atoms with Crippen LogP contribution in [0.25, 0.3) is 0 Å². The molecule has 0 fully saturated rings. The first-order valence-corrected chi connectivity index (χ1v) is 6.82. The number of nitrogens with zero attached hydrogens (tertiary/aromatic N) is 1. The van der Waals surface area contributed by atoms with Gasteiger partial charge in [0.05, 0.1) is 12.3 Å². The SMILES string of the molecule is CCOC(=O)CN1C(=O)C(Cl)Sc2ccccc21. The molecule has 0 bridgehead atoms. The Morgan fingerprint density at radius 1 is 1.50 bits per heavy atom. The van der Waals surface area contributed by atoms with Crippen molar-refractivity contribution in [3.63, 3.8) is 0 Å². The molecule has 4 nitrogen and oxygen atoms in total. The molecule has 2 rings (SSSR count). The van der Waals surface area contributed by atoms with E-state index < -0.39 is 10.7 Å². The maximum atomic E-state index is 12.0. The Kier molecular flexibility index (Phi) is 4.14. The Balaban J connectivity index is 2.27. The van der Waals surface area contributed by atoms with E-state index in [4.69, 9.17) is 16.3 Å². The maximum absolute atomic E-state index is 12.0. The lowest BCUT2D eigenvalue weighted by Gasteiger charge is -2.30. The number of hydrogen-bond acceptors (Lipinski definition) is 4. The molecular formula is C12H12ClNO3S. The van der Waals surface area contributed by atoms with Gasteiger partial charge in [-0.05, 0) is 19.1 Å². The zero-order valence-corrected chi connectivity index (χ0v) is 11.3. The van der Waals surface area contributed by atoms with Gasteiger partial charge in [-0.1, -0.05) is 35.5 Å². The van der Waals surface area contributed by atoms with Crippen molar-refractivity contribution in [2.45, 2.75) is 16.5 Å². The molecule has 1 atom stereocenters. The number of esters is 1. The van der Waals surface area contributed by atoms with Gasteiger partial charge in [-0.15, -0.1) is 0 Å². The van der Waals surface area contributed by atoms with Crippen molar-refractivity contribution in [2.24, 2.45) is 0 Å². The molecule has 0 radical (unpaired) electrons. The molecule has 1 aliphatic heterocycles. The van der Waals surface area contributed by atoms with E-state index in [1.807, 2.05) is 18.2 Å². The smallest absolute Gasteiger partial charge is 0.326 e. The highest BCUT2D eigenvalue weighted by Crippen LogP contribution is 2.40. The highest BCUT2D eigenvalue weighted by atomic mass is 35.5. The first-order valence-electron chi connectivity index (χ1n) is 5.50. The number of thioether (sulfide) groups is 1. The second-order valence-electron chi connectivity index (χ2n) is 3.63. The third kappa shape index (κ3) is 2.62. The molecule has 1 aliphatic rings. The molecule has 1 heterocycles. The number of anilines is 1. The molecule has 1 aromatic carbocycles. The number of alkyl halides is 1. The predicted molar refractivity (Wildman–Crippen MR) is 70.9 cm³/mol. The van der Waals surface area contributed by atoms with Crippen LogP contribution in [0.1, 0.15) is 6.92 Å². The molecule has 0 saturated carbocycles. The fourth-order valence-corrected chi connectivity index (χ4v) is 2.99. The topological polar surface area (TPSA) is 46.6 Å². The van der Waals surface area contributed by atoms with Gasteiger partial charge < -0.3 is 4.74 Å². The number of carbonyl (C=O) groups excluding carboxylic acids is 2. The van der Waals surface area contributed by atoms with Crippen LogP contribution in [0.4, 0.5) is 5.69 Å². The summed E-state index contributed by atoms with van der Waals surface area (Å²) in [4.78, 5) is 25.8. The fourth-order valence-electron chi connectivity index (χ4n) is 1.68. The Labute approximate surface area is 114 Å². The molecule has 0 saturated heterocycles. The van der Waals surface area contributed by atoms with E-state index >= 15 is 0 Å². The van der Waals surface area contributed by atoms with Crippen molar-refractivity contribution in [1.82, 2.24) is 0 Å². The van der Waals surface area contributed by atoms with Crippen molar-refractivity contribution in [2.75, 3.05) is 18.1 Å². The van der Waals surface area contributed by atoms with E-state index in [1.165, 1.54) is 16.7 Å². The van der Waals surface area contributed by atoms with Gasteiger partial charge in [0, 0.05) is 4.90 Å². The second-order valence-corrected chi connectivity index (χ2v) is 5.47. The number of para-hydroxylation sites is 1. The van der Waals surface area contributed by atoms with Crippen LogP contribution in [0, 0.1) is 0 Å². The monoisotopic (exact) mass is 285 g/mol. The summed E-state index contributed by atoms with van der Waals surface area (Å²) in [7, 11) is 0. The van der Waals surface area contributed by atoms with Gasteiger partial charge in [-0.25, -0.2) is 0 Å². The molecular weight excluding hydrogens is 274 g/mol. The first-order chi connectivity index (χ1) is 8.63. The lowest BCUT2D eigenvalue weighted by atomic mass is 10.2. The highest BCUT2D eigenvalue weighted by molar-refractivity contribution is 8.02. The van der Waals surface area contributed by atoms with Gasteiger partial charge in [0.2, 0.25) is 0 Å². The van der Waals surface area contributed by atoms with Crippen molar-refractivity contribution >= 4 is 40.9 Å². The lowest BCUT2D eigenvalue weighted by Crippen LogP contribution is -2.42. The summed E-state index contributed by atoms with van der Waals surface area (Å²) in [5.74, 6) is -0.718. The van der Waals surface area contributed by atoms with Crippen LogP contribution >= 0.6 is 23.4 Å². The minimum Gasteiger partial charge on any atom is -0.465 e. The Morgan fingerprint density at radius 2 is 2.22 bits per heavy atom. The van der Waals surface area contributed by atoms with Crippen molar-refractivity contribution in [1.29, 1.82) is 0 Å². The number of ether oxygens (including phenoxy) is 1. The van der Waals surface area contributed by atoms with E-state index in [0.29, 0.717) is 12.3 Å². The summed E-state index contributed by atoms with van der Waals surface area (Å²) in [6.07, 6.45) is 0. The van der Waals surface area contributed by atoms with Crippen LogP contribution in [-0.2, 0) is 14.3 Å². The zero-order chi connectivity index (χ0) is 13.1. The molecule has 1 aromatic rings. The number of rotatable bonds is 3. The van der Waals surface area contributed by atoms with E-state index in [0.717, 1.165) is 4.90 Å². The molecule has 0 aromatic heterocycles. The third-order valence-electron chi connectivity index (χ3n) is 2.44. The van der Waals surface area contributed by atoms with Gasteiger partial charge in [-0.2, -0.15) is 0 Å². The average Bonchev–Trinajstić information content (AvgIpc) is 2.35. The van der Waals surface area contributed by atoms with Crippen LogP contribution in [-0.4, -0.2) is 29.7 Å². The molecule has 1 amide bonds. The number of halogens is 1. The summed E-state index contributed by atoms with van der Waals surface area (Å²) in [5, 5.41) is 0. The summed E-state index contributed by atoms with van der Waals surface area (Å²) < 4.78 is 4.16. The van der Waals surface area contributed by atoms with E-state index in [-0.39, 0.29) is 12.5 Å². The Bertz CT molecular complexity index is 480. The Hall–Kier alpha value is -1.20. The molecule has 0 N–H and O–H groups in total. The van der Waals surface area contributed by atoms with Gasteiger partial charge in [0.25, 0.3) is 5.91 Å². The van der Waals surface area contributed by atoms with Crippen molar-refractivity contribution < 1.29 is 14.3 Å². The molecule has 6 heteroatoms. The quantitative estimate of drug-likeness (QED) is 0.631. The number of amides is 1. The Morgan fingerprint density at radius 3 is 2.94 bits per heavy atom. The van der Waals surface area contributed by atoms with Gasteiger partial charge in [0.1, 0.15) is 6.54 Å². The van der Waals surface area contributed by atoms with Gasteiger partial charge in [0.15, 0.2) is 4.71 Å². The molecule has 18 heavy (non-hydrogen) atoms. The van der Waals surface area contributed by atoms with E-state index in [9.17, 15) is 9.59 Å². The average molecular weight is 286 g/mol. The molecule has 1 unspecified atom stereocenters. The van der Waals surface area contributed by atoms with E-state index in [1.54, 1.807) is 13.0 Å². The molecule has 0 spiro atoms. The number of benzene rings is 1. The lowest BCUT2D eigenvalue weighted by molar-refractivity contribution is -0.142. The van der Waals surface area contributed by atoms with Crippen molar-refractivity contribution in [3.05, 3.63) is 24.3 Å². The number of hydrogen-bond donors (Lipinski definition) is 0. The summed E-state index contributed by atoms with van der Waals surface area (Å²) in [6, 6.07) is 7.36. The largest absolute Gasteiger partial charge is 0.465 e. The minimum absolute atomic E-state index is 0.104. The van der Waals surface area contributed by atoms with Gasteiger partial charge >= 0.3 is 5.97 Å². The fraction of sp³-hybridized carbons (Fsp3) is 0.333. The van der Waals surface area contributed by atoms with Crippen molar-refractivity contribution in [3.8, 4) is 0 Å². The molecule has 96 valence electrons. The van der Waals surface area contributed by atoms with Gasteiger partial charge in [-0.3, -0.25) is 14.5 Å². The maximum Gasteiger partial charge on any atom is 0.326 e.